The fourth-order valence-electron chi connectivity index (χ4n) is 1.65. The summed E-state index contributed by atoms with van der Waals surface area (Å²) in [6, 6.07) is 9.32. The molecule has 2 aromatic rings. The highest BCUT2D eigenvalue weighted by Gasteiger charge is 2.00. The van der Waals surface area contributed by atoms with Gasteiger partial charge in [-0.1, -0.05) is 42.5 Å². The average Bonchev–Trinajstić information content (AvgIpc) is 2.52. The fraction of sp³-hybridized carbons (Fsp3) is 0.133. The summed E-state index contributed by atoms with van der Waals surface area (Å²) in [5.74, 6) is 0. The number of benzene rings is 1. The molecule has 7 heteroatoms. The number of H-pyrrole nitrogens is 2. The Labute approximate surface area is 125 Å². The van der Waals surface area contributed by atoms with Gasteiger partial charge in [0.25, 0.3) is 5.56 Å². The first-order valence-electron chi connectivity index (χ1n) is 6.58. The number of hydrogen-bond acceptors (Lipinski definition) is 4. The second kappa shape index (κ2) is 7.63. The molecule has 0 saturated carbocycles. The van der Waals surface area contributed by atoms with Gasteiger partial charge in [-0.3, -0.25) is 9.78 Å². The number of carbonyl (C=O) groups excluding carboxylic acids is 1. The Morgan fingerprint density at radius 3 is 2.73 bits per heavy atom. The van der Waals surface area contributed by atoms with Crippen LogP contribution < -0.4 is 16.6 Å². The lowest BCUT2D eigenvalue weighted by Crippen LogP contribution is -2.24. The third-order valence-corrected chi connectivity index (χ3v) is 2.72. The van der Waals surface area contributed by atoms with Crippen molar-refractivity contribution in [1.82, 2.24) is 15.3 Å². The van der Waals surface area contributed by atoms with Crippen molar-refractivity contribution in [1.29, 1.82) is 0 Å². The van der Waals surface area contributed by atoms with E-state index in [9.17, 15) is 14.4 Å². The third kappa shape index (κ3) is 4.78. The molecule has 1 heterocycles. The number of aromatic amines is 2. The van der Waals surface area contributed by atoms with E-state index in [-0.39, 0.29) is 13.2 Å². The molecular weight excluding hydrogens is 286 g/mol. The van der Waals surface area contributed by atoms with Gasteiger partial charge in [0.1, 0.15) is 6.61 Å². The Kier molecular flexibility index (Phi) is 5.31. The molecule has 1 aromatic heterocycles. The van der Waals surface area contributed by atoms with Crippen LogP contribution >= 0.6 is 0 Å². The minimum Gasteiger partial charge on any atom is -0.445 e. The SMILES string of the molecule is O=C(NCC=Cc1c[nH]c(=O)[nH]c1=O)OCc1ccccc1. The fourth-order valence-corrected chi connectivity index (χ4v) is 1.65. The van der Waals surface area contributed by atoms with E-state index in [1.807, 2.05) is 30.3 Å². The summed E-state index contributed by atoms with van der Waals surface area (Å²) in [5.41, 5.74) is 0.128. The zero-order valence-electron chi connectivity index (χ0n) is 11.7. The molecule has 0 aliphatic heterocycles. The van der Waals surface area contributed by atoms with Gasteiger partial charge in [-0.25, -0.2) is 9.59 Å². The monoisotopic (exact) mass is 301 g/mol. The van der Waals surface area contributed by atoms with E-state index >= 15 is 0 Å². The summed E-state index contributed by atoms with van der Waals surface area (Å²) in [6.07, 6.45) is 3.81. The van der Waals surface area contributed by atoms with E-state index in [0.717, 1.165) is 5.56 Å². The number of nitrogens with one attached hydrogen (secondary N) is 3. The van der Waals surface area contributed by atoms with Crippen molar-refractivity contribution in [3.8, 4) is 0 Å². The molecule has 1 aromatic carbocycles. The zero-order valence-corrected chi connectivity index (χ0v) is 11.7. The Morgan fingerprint density at radius 1 is 1.23 bits per heavy atom. The summed E-state index contributed by atoms with van der Waals surface area (Å²) in [6.45, 7) is 0.391. The first-order chi connectivity index (χ1) is 10.6. The summed E-state index contributed by atoms with van der Waals surface area (Å²) in [7, 11) is 0. The number of amides is 1. The molecule has 22 heavy (non-hydrogen) atoms. The van der Waals surface area contributed by atoms with Crippen LogP contribution in [-0.4, -0.2) is 22.6 Å². The third-order valence-electron chi connectivity index (χ3n) is 2.72. The maximum Gasteiger partial charge on any atom is 0.407 e. The van der Waals surface area contributed by atoms with Crippen LogP contribution in [-0.2, 0) is 11.3 Å². The van der Waals surface area contributed by atoms with Crippen molar-refractivity contribution in [3.63, 3.8) is 0 Å². The molecule has 3 N–H and O–H groups in total. The molecule has 2 rings (SSSR count). The quantitative estimate of drug-likeness (QED) is 0.766. The second-order valence-corrected chi connectivity index (χ2v) is 4.37. The average molecular weight is 301 g/mol. The molecule has 0 aliphatic rings. The lowest BCUT2D eigenvalue weighted by Gasteiger charge is -2.05. The molecule has 0 spiro atoms. The van der Waals surface area contributed by atoms with Gasteiger partial charge in [0.05, 0.1) is 5.56 Å². The molecule has 0 atom stereocenters. The highest BCUT2D eigenvalue weighted by Crippen LogP contribution is 2.00. The van der Waals surface area contributed by atoms with E-state index in [4.69, 9.17) is 4.74 Å². The van der Waals surface area contributed by atoms with E-state index in [2.05, 4.69) is 15.3 Å². The Bertz CT molecular complexity index is 762. The van der Waals surface area contributed by atoms with Crippen LogP contribution in [0.5, 0.6) is 0 Å². The molecule has 114 valence electrons. The smallest absolute Gasteiger partial charge is 0.407 e. The van der Waals surface area contributed by atoms with Gasteiger partial charge in [-0.05, 0) is 5.56 Å². The summed E-state index contributed by atoms with van der Waals surface area (Å²) in [5, 5.41) is 2.52. The van der Waals surface area contributed by atoms with Crippen molar-refractivity contribution >= 4 is 12.2 Å². The highest BCUT2D eigenvalue weighted by atomic mass is 16.5. The maximum atomic E-state index is 11.5. The molecule has 0 fully saturated rings. The molecule has 7 nitrogen and oxygen atoms in total. The molecule has 0 radical (unpaired) electrons. The largest absolute Gasteiger partial charge is 0.445 e. The van der Waals surface area contributed by atoms with Crippen molar-refractivity contribution in [2.24, 2.45) is 0 Å². The summed E-state index contributed by atoms with van der Waals surface area (Å²) in [4.78, 5) is 38.1. The van der Waals surface area contributed by atoms with E-state index in [1.54, 1.807) is 6.08 Å². The standard InChI is InChI=1S/C15H15N3O4/c19-13-12(9-17-14(20)18-13)7-4-8-16-15(21)22-10-11-5-2-1-3-6-11/h1-7,9H,8,10H2,(H,16,21)(H2,17,18,19,20). The van der Waals surface area contributed by atoms with Gasteiger partial charge < -0.3 is 15.0 Å². The number of alkyl carbamates (subject to hydrolysis) is 1. The van der Waals surface area contributed by atoms with Gasteiger partial charge in [0, 0.05) is 12.7 Å². The second-order valence-electron chi connectivity index (χ2n) is 4.37. The molecule has 0 unspecified atom stereocenters. The van der Waals surface area contributed by atoms with Crippen molar-refractivity contribution in [2.75, 3.05) is 6.54 Å². The predicted octanol–water partition coefficient (Wildman–Crippen LogP) is 1.00. The highest BCUT2D eigenvalue weighted by molar-refractivity contribution is 5.67. The van der Waals surface area contributed by atoms with Crippen LogP contribution in [0.2, 0.25) is 0 Å². The lowest BCUT2D eigenvalue weighted by atomic mass is 10.2. The number of carbonyl (C=O) groups is 1. The van der Waals surface area contributed by atoms with Gasteiger partial charge in [-0.15, -0.1) is 0 Å². The normalized spacial score (nSPS) is 10.5. The Morgan fingerprint density at radius 2 is 2.00 bits per heavy atom. The minimum atomic E-state index is -0.565. The van der Waals surface area contributed by atoms with Crippen LogP contribution in [0.15, 0.2) is 52.2 Å². The van der Waals surface area contributed by atoms with E-state index < -0.39 is 17.3 Å². The van der Waals surface area contributed by atoms with Gasteiger partial charge in [-0.2, -0.15) is 0 Å². The van der Waals surface area contributed by atoms with Crippen LogP contribution in [0, 0.1) is 0 Å². The van der Waals surface area contributed by atoms with Gasteiger partial charge in [0.2, 0.25) is 0 Å². The van der Waals surface area contributed by atoms with E-state index in [0.29, 0.717) is 5.56 Å². The molecule has 0 saturated heterocycles. The molecule has 1 amide bonds. The van der Waals surface area contributed by atoms with Crippen molar-refractivity contribution in [3.05, 3.63) is 74.6 Å². The maximum absolute atomic E-state index is 11.5. The van der Waals surface area contributed by atoms with Crippen LogP contribution in [0.25, 0.3) is 6.08 Å². The van der Waals surface area contributed by atoms with Crippen LogP contribution in [0.1, 0.15) is 11.1 Å². The number of rotatable bonds is 5. The molecular formula is C15H15N3O4. The predicted molar refractivity (Wildman–Crippen MR) is 81.3 cm³/mol. The zero-order chi connectivity index (χ0) is 15.8. The summed E-state index contributed by atoms with van der Waals surface area (Å²) >= 11 is 0. The topological polar surface area (TPSA) is 104 Å². The Hall–Kier alpha value is -3.09. The van der Waals surface area contributed by atoms with Crippen molar-refractivity contribution < 1.29 is 9.53 Å². The first kappa shape index (κ1) is 15.3. The Balaban J connectivity index is 1.76. The van der Waals surface area contributed by atoms with Gasteiger partial charge >= 0.3 is 11.8 Å². The molecule has 0 bridgehead atoms. The summed E-state index contributed by atoms with van der Waals surface area (Å²) < 4.78 is 5.02. The molecule has 0 aliphatic carbocycles. The number of aromatic nitrogens is 2. The van der Waals surface area contributed by atoms with Gasteiger partial charge in [0.15, 0.2) is 0 Å². The van der Waals surface area contributed by atoms with Crippen LogP contribution in [0.3, 0.4) is 0 Å². The van der Waals surface area contributed by atoms with E-state index in [1.165, 1.54) is 12.3 Å². The van der Waals surface area contributed by atoms with Crippen LogP contribution in [0.4, 0.5) is 4.79 Å². The minimum absolute atomic E-state index is 0.190. The lowest BCUT2D eigenvalue weighted by molar-refractivity contribution is 0.141. The number of hydrogen-bond donors (Lipinski definition) is 3. The first-order valence-corrected chi connectivity index (χ1v) is 6.58. The number of ether oxygens (including phenoxy) is 1. The van der Waals surface area contributed by atoms with Crippen molar-refractivity contribution in [2.45, 2.75) is 6.61 Å².